The molecule has 6 nitrogen and oxygen atoms in total. The van der Waals surface area contributed by atoms with Crippen molar-refractivity contribution in [3.8, 4) is 0 Å². The number of aryl methyl sites for hydroxylation is 2. The average molecular weight is 396 g/mol. The van der Waals surface area contributed by atoms with Crippen LogP contribution in [0.5, 0.6) is 0 Å². The lowest BCUT2D eigenvalue weighted by molar-refractivity contribution is -0.125. The number of carbonyl (C=O) groups excluding carboxylic acids is 2. The van der Waals surface area contributed by atoms with Crippen molar-refractivity contribution in [2.75, 3.05) is 5.32 Å². The van der Waals surface area contributed by atoms with E-state index in [4.69, 9.17) is 16.3 Å². The molecule has 2 aromatic carbocycles. The van der Waals surface area contributed by atoms with E-state index in [2.05, 4.69) is 15.3 Å². The van der Waals surface area contributed by atoms with Crippen LogP contribution in [0.15, 0.2) is 60.9 Å². The number of aromatic nitrogens is 2. The van der Waals surface area contributed by atoms with E-state index in [1.165, 1.54) is 12.4 Å². The highest BCUT2D eigenvalue weighted by Gasteiger charge is 2.26. The molecule has 142 valence electrons. The fourth-order valence-electron chi connectivity index (χ4n) is 2.44. The number of halogens is 1. The summed E-state index contributed by atoms with van der Waals surface area (Å²) >= 11 is 6.12. The van der Waals surface area contributed by atoms with E-state index < -0.39 is 18.0 Å². The quantitative estimate of drug-likeness (QED) is 0.652. The zero-order valence-electron chi connectivity index (χ0n) is 15.3. The van der Waals surface area contributed by atoms with Gasteiger partial charge in [-0.3, -0.25) is 9.78 Å². The monoisotopic (exact) mass is 395 g/mol. The number of benzene rings is 2. The molecular formula is C21H18ClN3O3. The Bertz CT molecular complexity index is 992. The third kappa shape index (κ3) is 4.72. The number of hydrogen-bond acceptors (Lipinski definition) is 5. The summed E-state index contributed by atoms with van der Waals surface area (Å²) in [7, 11) is 0. The van der Waals surface area contributed by atoms with Gasteiger partial charge in [0.05, 0.1) is 11.9 Å². The second-order valence-electron chi connectivity index (χ2n) is 6.19. The van der Waals surface area contributed by atoms with Crippen molar-refractivity contribution in [3.05, 3.63) is 88.5 Å². The first-order chi connectivity index (χ1) is 13.4. The van der Waals surface area contributed by atoms with Crippen molar-refractivity contribution in [2.45, 2.75) is 20.0 Å². The van der Waals surface area contributed by atoms with Crippen molar-refractivity contribution in [1.82, 2.24) is 9.97 Å². The molecule has 1 atom stereocenters. The molecule has 1 heterocycles. The van der Waals surface area contributed by atoms with Crippen LogP contribution in [-0.4, -0.2) is 21.8 Å². The van der Waals surface area contributed by atoms with Gasteiger partial charge in [0.1, 0.15) is 0 Å². The summed E-state index contributed by atoms with van der Waals surface area (Å²) in [5.41, 5.74) is 2.63. The maximum absolute atomic E-state index is 12.9. The van der Waals surface area contributed by atoms with Gasteiger partial charge >= 0.3 is 5.97 Å². The van der Waals surface area contributed by atoms with Crippen molar-refractivity contribution < 1.29 is 14.3 Å². The van der Waals surface area contributed by atoms with Crippen LogP contribution in [-0.2, 0) is 9.53 Å². The van der Waals surface area contributed by atoms with Gasteiger partial charge in [-0.05, 0) is 31.5 Å². The third-order valence-electron chi connectivity index (χ3n) is 3.99. The van der Waals surface area contributed by atoms with E-state index in [1.54, 1.807) is 49.4 Å². The smallest absolute Gasteiger partial charge is 0.359 e. The van der Waals surface area contributed by atoms with Crippen LogP contribution in [0.4, 0.5) is 5.69 Å². The molecule has 0 saturated heterocycles. The zero-order chi connectivity index (χ0) is 20.1. The maximum Gasteiger partial charge on any atom is 0.359 e. The predicted octanol–water partition coefficient (Wildman–Crippen LogP) is 4.28. The Labute approximate surface area is 167 Å². The second kappa shape index (κ2) is 8.63. The number of hydrogen-bond donors (Lipinski definition) is 1. The van der Waals surface area contributed by atoms with Crippen molar-refractivity contribution >= 4 is 29.2 Å². The van der Waals surface area contributed by atoms with Gasteiger partial charge < -0.3 is 10.1 Å². The number of carbonyl (C=O) groups is 2. The van der Waals surface area contributed by atoms with Crippen LogP contribution >= 0.6 is 11.6 Å². The van der Waals surface area contributed by atoms with E-state index >= 15 is 0 Å². The van der Waals surface area contributed by atoms with Gasteiger partial charge in [-0.25, -0.2) is 9.78 Å². The number of rotatable bonds is 5. The number of nitrogens with one attached hydrogen (secondary N) is 1. The minimum absolute atomic E-state index is 0.0257. The summed E-state index contributed by atoms with van der Waals surface area (Å²) in [6.07, 6.45) is 1.62. The van der Waals surface area contributed by atoms with Crippen LogP contribution in [0.25, 0.3) is 0 Å². The molecule has 7 heteroatoms. The lowest BCUT2D eigenvalue weighted by Crippen LogP contribution is -2.26. The van der Waals surface area contributed by atoms with Crippen LogP contribution in [0, 0.1) is 13.8 Å². The van der Waals surface area contributed by atoms with E-state index in [1.807, 2.05) is 13.0 Å². The molecule has 0 aliphatic rings. The van der Waals surface area contributed by atoms with Gasteiger partial charge in [0.25, 0.3) is 5.91 Å². The summed E-state index contributed by atoms with van der Waals surface area (Å²) in [5.74, 6) is -1.24. The molecule has 0 radical (unpaired) electrons. The molecule has 1 unspecified atom stereocenters. The highest BCUT2D eigenvalue weighted by molar-refractivity contribution is 6.31. The predicted molar refractivity (Wildman–Crippen MR) is 106 cm³/mol. The number of esters is 1. The molecule has 1 N–H and O–H groups in total. The van der Waals surface area contributed by atoms with Crippen molar-refractivity contribution in [3.63, 3.8) is 0 Å². The van der Waals surface area contributed by atoms with Crippen molar-refractivity contribution in [1.29, 1.82) is 0 Å². The molecular weight excluding hydrogens is 378 g/mol. The molecule has 3 rings (SSSR count). The molecule has 0 spiro atoms. The van der Waals surface area contributed by atoms with E-state index in [0.717, 1.165) is 5.56 Å². The SMILES string of the molecule is Cc1cnc(C(=O)OC(C(=O)Nc2ccc(C)c(Cl)c2)c2ccccc2)cn1. The van der Waals surface area contributed by atoms with Gasteiger partial charge in [-0.15, -0.1) is 0 Å². The first kappa shape index (κ1) is 19.5. The minimum Gasteiger partial charge on any atom is -0.443 e. The van der Waals surface area contributed by atoms with Gasteiger partial charge in [-0.1, -0.05) is 48.0 Å². The Morgan fingerprint density at radius 2 is 1.79 bits per heavy atom. The van der Waals surface area contributed by atoms with Crippen LogP contribution < -0.4 is 5.32 Å². The topological polar surface area (TPSA) is 81.2 Å². The number of anilines is 1. The van der Waals surface area contributed by atoms with Gasteiger partial charge in [0, 0.05) is 22.5 Å². The standard InChI is InChI=1S/C21H18ClN3O3/c1-13-8-9-16(10-17(13)22)25-20(26)19(15-6-4-3-5-7-15)28-21(27)18-12-23-14(2)11-24-18/h3-12,19H,1-2H3,(H,25,26). The summed E-state index contributed by atoms with van der Waals surface area (Å²) < 4.78 is 5.46. The largest absolute Gasteiger partial charge is 0.443 e. The Hall–Kier alpha value is -3.25. The van der Waals surface area contributed by atoms with E-state index in [9.17, 15) is 9.59 Å². The lowest BCUT2D eigenvalue weighted by atomic mass is 10.1. The Kier molecular flexibility index (Phi) is 6.01. The summed E-state index contributed by atoms with van der Waals surface area (Å²) in [6.45, 7) is 3.63. The van der Waals surface area contributed by atoms with Gasteiger partial charge in [0.2, 0.25) is 6.10 Å². The third-order valence-corrected chi connectivity index (χ3v) is 4.40. The summed E-state index contributed by atoms with van der Waals surface area (Å²) in [6, 6.07) is 13.9. The Morgan fingerprint density at radius 1 is 1.04 bits per heavy atom. The van der Waals surface area contributed by atoms with Gasteiger partial charge in [0.15, 0.2) is 5.69 Å². The molecule has 28 heavy (non-hydrogen) atoms. The first-order valence-electron chi connectivity index (χ1n) is 8.55. The average Bonchev–Trinajstić information content (AvgIpc) is 2.70. The van der Waals surface area contributed by atoms with Crippen LogP contribution in [0.2, 0.25) is 5.02 Å². The van der Waals surface area contributed by atoms with Crippen LogP contribution in [0.1, 0.15) is 33.4 Å². The highest BCUT2D eigenvalue weighted by atomic mass is 35.5. The first-order valence-corrected chi connectivity index (χ1v) is 8.93. The minimum atomic E-state index is -1.16. The van der Waals surface area contributed by atoms with E-state index in [0.29, 0.717) is 22.0 Å². The fraction of sp³-hybridized carbons (Fsp3) is 0.143. The normalized spacial score (nSPS) is 11.5. The number of nitrogens with zero attached hydrogens (tertiary/aromatic N) is 2. The van der Waals surface area contributed by atoms with Crippen LogP contribution in [0.3, 0.4) is 0 Å². The lowest BCUT2D eigenvalue weighted by Gasteiger charge is -2.18. The maximum atomic E-state index is 12.9. The Morgan fingerprint density at radius 3 is 2.43 bits per heavy atom. The van der Waals surface area contributed by atoms with Gasteiger partial charge in [-0.2, -0.15) is 0 Å². The highest BCUT2D eigenvalue weighted by Crippen LogP contribution is 2.24. The molecule has 1 amide bonds. The van der Waals surface area contributed by atoms with E-state index in [-0.39, 0.29) is 5.69 Å². The molecule has 0 bridgehead atoms. The summed E-state index contributed by atoms with van der Waals surface area (Å²) in [4.78, 5) is 33.4. The molecule has 0 saturated carbocycles. The molecule has 3 aromatic rings. The molecule has 0 aliphatic heterocycles. The molecule has 1 aromatic heterocycles. The zero-order valence-corrected chi connectivity index (χ0v) is 16.1. The number of amides is 1. The Balaban J connectivity index is 1.84. The molecule has 0 aliphatic carbocycles. The number of ether oxygens (including phenoxy) is 1. The van der Waals surface area contributed by atoms with Crippen molar-refractivity contribution in [2.24, 2.45) is 0 Å². The molecule has 0 fully saturated rings. The second-order valence-corrected chi connectivity index (χ2v) is 6.60. The summed E-state index contributed by atoms with van der Waals surface area (Å²) in [5, 5.41) is 3.27. The fourth-order valence-corrected chi connectivity index (χ4v) is 2.63.